The Kier molecular flexibility index (Phi) is 4.21. The van der Waals surface area contributed by atoms with E-state index in [1.54, 1.807) is 13.8 Å². The largest absolute Gasteiger partial charge is 0.475 e. The number of aromatic carboxylic acids is 1. The van der Waals surface area contributed by atoms with Crippen molar-refractivity contribution in [3.63, 3.8) is 0 Å². The van der Waals surface area contributed by atoms with Gasteiger partial charge in [0.1, 0.15) is 5.75 Å². The van der Waals surface area contributed by atoms with Gasteiger partial charge in [0.25, 0.3) is 0 Å². The Labute approximate surface area is 119 Å². The van der Waals surface area contributed by atoms with Crippen molar-refractivity contribution in [2.45, 2.75) is 26.4 Å². The average Bonchev–Trinajstić information content (AvgIpc) is 2.84. The lowest BCUT2D eigenvalue weighted by Gasteiger charge is -2.03. The molecule has 0 unspecified atom stereocenters. The normalized spacial score (nSPS) is 11.1. The van der Waals surface area contributed by atoms with Crippen LogP contribution in [0.1, 0.15) is 36.0 Å². The van der Waals surface area contributed by atoms with Gasteiger partial charge in [-0.15, -0.1) is 0 Å². The lowest BCUT2D eigenvalue weighted by Crippen LogP contribution is -2.01. The maximum atomic E-state index is 12.1. The summed E-state index contributed by atoms with van der Waals surface area (Å²) in [6, 6.07) is 5.61. The molecule has 0 aliphatic rings. The highest BCUT2D eigenvalue weighted by molar-refractivity contribution is 5.86. The number of aromatic nitrogens is 1. The van der Waals surface area contributed by atoms with Crippen molar-refractivity contribution in [1.29, 1.82) is 0 Å². The molecule has 2 rings (SSSR count). The number of ether oxygens (including phenoxy) is 1. The highest BCUT2D eigenvalue weighted by atomic mass is 19.3. The Morgan fingerprint density at radius 3 is 2.33 bits per heavy atom. The summed E-state index contributed by atoms with van der Waals surface area (Å²) in [6.45, 7) is 0.699. The summed E-state index contributed by atoms with van der Waals surface area (Å²) in [6.07, 6.45) is 0. The lowest BCUT2D eigenvalue weighted by molar-refractivity contribution is -0.0498. The van der Waals surface area contributed by atoms with Crippen LogP contribution in [-0.2, 0) is 0 Å². The second kappa shape index (κ2) is 5.90. The highest BCUT2D eigenvalue weighted by Gasteiger charge is 2.22. The Morgan fingerprint density at radius 2 is 1.90 bits per heavy atom. The zero-order chi connectivity index (χ0) is 15.6. The molecular formula is C14H13F2NO4. The van der Waals surface area contributed by atoms with Gasteiger partial charge in [0, 0.05) is 5.56 Å². The van der Waals surface area contributed by atoms with E-state index in [2.05, 4.69) is 9.72 Å². The standard InChI is InChI=1S/C14H13F2NO4/c1-7(2)10-11(13(18)19)21-12(17-10)8-3-5-9(6-4-8)20-14(15)16/h3-7,14H,1-2H3,(H,18,19). The summed E-state index contributed by atoms with van der Waals surface area (Å²) in [7, 11) is 0. The van der Waals surface area contributed by atoms with Gasteiger partial charge in [-0.05, 0) is 30.2 Å². The summed E-state index contributed by atoms with van der Waals surface area (Å²) < 4.78 is 33.6. The van der Waals surface area contributed by atoms with Gasteiger partial charge in [0.05, 0.1) is 5.69 Å². The number of alkyl halides is 2. The fourth-order valence-corrected chi connectivity index (χ4v) is 1.78. The van der Waals surface area contributed by atoms with Crippen LogP contribution in [0.15, 0.2) is 28.7 Å². The molecule has 1 N–H and O–H groups in total. The van der Waals surface area contributed by atoms with Crippen LogP contribution in [-0.4, -0.2) is 22.7 Å². The predicted octanol–water partition coefficient (Wildman–Crippen LogP) is 3.76. The van der Waals surface area contributed by atoms with Gasteiger partial charge in [-0.25, -0.2) is 9.78 Å². The molecule has 1 heterocycles. The lowest BCUT2D eigenvalue weighted by atomic mass is 10.1. The zero-order valence-corrected chi connectivity index (χ0v) is 11.3. The van der Waals surface area contributed by atoms with Gasteiger partial charge in [0.15, 0.2) is 0 Å². The topological polar surface area (TPSA) is 72.6 Å². The highest BCUT2D eigenvalue weighted by Crippen LogP contribution is 2.28. The first-order chi connectivity index (χ1) is 9.88. The summed E-state index contributed by atoms with van der Waals surface area (Å²) in [5.41, 5.74) is 0.816. The van der Waals surface area contributed by atoms with E-state index >= 15 is 0 Å². The van der Waals surface area contributed by atoms with Crippen LogP contribution < -0.4 is 4.74 Å². The molecule has 0 amide bonds. The Balaban J connectivity index is 2.34. The molecule has 5 nitrogen and oxygen atoms in total. The molecule has 0 atom stereocenters. The van der Waals surface area contributed by atoms with Gasteiger partial charge in [-0.3, -0.25) is 0 Å². The number of carbonyl (C=O) groups is 1. The van der Waals surface area contributed by atoms with Crippen LogP contribution in [0.25, 0.3) is 11.5 Å². The van der Waals surface area contributed by atoms with Crippen molar-refractivity contribution in [2.75, 3.05) is 0 Å². The predicted molar refractivity (Wildman–Crippen MR) is 69.6 cm³/mol. The number of oxazole rings is 1. The summed E-state index contributed by atoms with van der Waals surface area (Å²) in [5, 5.41) is 9.08. The second-order valence-electron chi connectivity index (χ2n) is 4.60. The molecule has 0 bridgehead atoms. The van der Waals surface area contributed by atoms with E-state index < -0.39 is 12.6 Å². The molecule has 0 radical (unpaired) electrons. The van der Waals surface area contributed by atoms with Crippen molar-refractivity contribution >= 4 is 5.97 Å². The van der Waals surface area contributed by atoms with E-state index in [9.17, 15) is 13.6 Å². The van der Waals surface area contributed by atoms with Crippen LogP contribution in [0.2, 0.25) is 0 Å². The smallest absolute Gasteiger partial charge is 0.387 e. The summed E-state index contributed by atoms with van der Waals surface area (Å²) >= 11 is 0. The number of carboxylic acid groups (broad SMARTS) is 1. The van der Waals surface area contributed by atoms with E-state index in [1.165, 1.54) is 24.3 Å². The third-order valence-electron chi connectivity index (χ3n) is 2.72. The van der Waals surface area contributed by atoms with E-state index in [-0.39, 0.29) is 23.3 Å². The monoisotopic (exact) mass is 297 g/mol. The third kappa shape index (κ3) is 3.36. The fourth-order valence-electron chi connectivity index (χ4n) is 1.78. The zero-order valence-electron chi connectivity index (χ0n) is 11.3. The molecule has 0 aliphatic carbocycles. The number of hydrogen-bond acceptors (Lipinski definition) is 4. The minimum absolute atomic E-state index is 0.00264. The van der Waals surface area contributed by atoms with Gasteiger partial charge in [-0.1, -0.05) is 13.8 Å². The van der Waals surface area contributed by atoms with E-state index in [1.807, 2.05) is 0 Å². The molecule has 0 aliphatic heterocycles. The molecule has 7 heteroatoms. The number of rotatable bonds is 5. The minimum Gasteiger partial charge on any atom is -0.475 e. The van der Waals surface area contributed by atoms with Gasteiger partial charge < -0.3 is 14.3 Å². The van der Waals surface area contributed by atoms with Crippen LogP contribution in [0.4, 0.5) is 8.78 Å². The van der Waals surface area contributed by atoms with Crippen molar-refractivity contribution in [1.82, 2.24) is 4.98 Å². The molecule has 0 fully saturated rings. The first kappa shape index (κ1) is 15.0. The molecule has 0 spiro atoms. The van der Waals surface area contributed by atoms with Crippen molar-refractivity contribution in [3.8, 4) is 17.2 Å². The Bertz CT molecular complexity index is 635. The van der Waals surface area contributed by atoms with Gasteiger partial charge in [0.2, 0.25) is 11.7 Å². The van der Waals surface area contributed by atoms with Crippen LogP contribution in [0, 0.1) is 0 Å². The number of halogens is 2. The number of hydrogen-bond donors (Lipinski definition) is 1. The SMILES string of the molecule is CC(C)c1nc(-c2ccc(OC(F)F)cc2)oc1C(=O)O. The summed E-state index contributed by atoms with van der Waals surface area (Å²) in [4.78, 5) is 15.3. The third-order valence-corrected chi connectivity index (χ3v) is 2.72. The van der Waals surface area contributed by atoms with Crippen LogP contribution in [0.5, 0.6) is 5.75 Å². The van der Waals surface area contributed by atoms with Crippen LogP contribution >= 0.6 is 0 Å². The van der Waals surface area contributed by atoms with Gasteiger partial charge >= 0.3 is 12.6 Å². The van der Waals surface area contributed by atoms with Crippen LogP contribution in [0.3, 0.4) is 0 Å². The van der Waals surface area contributed by atoms with Crippen molar-refractivity contribution in [3.05, 3.63) is 35.7 Å². The van der Waals surface area contributed by atoms with E-state index in [0.29, 0.717) is 11.3 Å². The molecule has 1 aromatic heterocycles. The molecular weight excluding hydrogens is 284 g/mol. The van der Waals surface area contributed by atoms with Crippen molar-refractivity contribution < 1.29 is 27.8 Å². The van der Waals surface area contributed by atoms with E-state index in [0.717, 1.165) is 0 Å². The first-order valence-corrected chi connectivity index (χ1v) is 6.17. The Hall–Kier alpha value is -2.44. The molecule has 2 aromatic rings. The molecule has 0 saturated carbocycles. The first-order valence-electron chi connectivity index (χ1n) is 6.17. The maximum Gasteiger partial charge on any atom is 0.387 e. The molecule has 1 aromatic carbocycles. The molecule has 0 saturated heterocycles. The quantitative estimate of drug-likeness (QED) is 0.909. The fraction of sp³-hybridized carbons (Fsp3) is 0.286. The Morgan fingerprint density at radius 1 is 1.29 bits per heavy atom. The maximum absolute atomic E-state index is 12.1. The van der Waals surface area contributed by atoms with Crippen molar-refractivity contribution in [2.24, 2.45) is 0 Å². The molecule has 21 heavy (non-hydrogen) atoms. The minimum atomic E-state index is -2.90. The second-order valence-corrected chi connectivity index (χ2v) is 4.60. The van der Waals surface area contributed by atoms with Gasteiger partial charge in [-0.2, -0.15) is 8.78 Å². The average molecular weight is 297 g/mol. The van der Waals surface area contributed by atoms with E-state index in [4.69, 9.17) is 9.52 Å². The number of nitrogens with zero attached hydrogens (tertiary/aromatic N) is 1. The molecule has 112 valence electrons. The number of carboxylic acids is 1. The summed E-state index contributed by atoms with van der Waals surface area (Å²) in [5.74, 6) is -1.40. The number of benzene rings is 1.